The lowest BCUT2D eigenvalue weighted by molar-refractivity contribution is -0.144. The van der Waals surface area contributed by atoms with Crippen LogP contribution in [0.3, 0.4) is 0 Å². The second-order valence-electron chi connectivity index (χ2n) is 32.8. The summed E-state index contributed by atoms with van der Waals surface area (Å²) in [4.78, 5) is 15.3. The molecule has 3 aliphatic rings. The van der Waals surface area contributed by atoms with Crippen molar-refractivity contribution in [2.75, 3.05) is 13.4 Å². The lowest BCUT2D eigenvalue weighted by atomic mass is 9.83. The van der Waals surface area contributed by atoms with Gasteiger partial charge in [0.15, 0.2) is 39.0 Å². The third-order valence-corrected chi connectivity index (χ3v) is 49.2. The molecule has 0 unspecified atom stereocenters. The van der Waals surface area contributed by atoms with Gasteiger partial charge in [-0.15, -0.1) is 0 Å². The maximum atomic E-state index is 15.3. The topological polar surface area (TPSA) is 132 Å². The molecule has 2 saturated heterocycles. The Morgan fingerprint density at radius 3 is 1.43 bits per heavy atom. The van der Waals surface area contributed by atoms with Crippen molar-refractivity contribution in [3.63, 3.8) is 0 Å². The molecule has 1 aromatic carbocycles. The van der Waals surface area contributed by atoms with Crippen LogP contribution in [0, 0.1) is 0 Å². The van der Waals surface area contributed by atoms with Gasteiger partial charge in [-0.3, -0.25) is 4.79 Å². The number of aliphatic hydroxyl groups is 1. The van der Waals surface area contributed by atoms with E-state index in [-0.39, 0.29) is 61.2 Å². The maximum absolute atomic E-state index is 15.3. The van der Waals surface area contributed by atoms with Crippen molar-refractivity contribution in [2.45, 2.75) is 308 Å². The number of aliphatic hydroxyl groups excluding tert-OH is 1. The zero-order valence-electron chi connectivity index (χ0n) is 56.1. The van der Waals surface area contributed by atoms with Crippen LogP contribution in [0.25, 0.3) is 6.08 Å². The minimum absolute atomic E-state index is 0.00683. The van der Waals surface area contributed by atoms with Gasteiger partial charge in [0.2, 0.25) is 12.2 Å². The molecule has 12 nitrogen and oxygen atoms in total. The Kier molecular flexibility index (Phi) is 21.2. The van der Waals surface area contributed by atoms with Gasteiger partial charge < -0.3 is 51.5 Å². The van der Waals surface area contributed by atoms with Crippen molar-refractivity contribution < 1.29 is 51.0 Å². The molecule has 1 aliphatic carbocycles. The van der Waals surface area contributed by atoms with E-state index in [1.807, 2.05) is 37.3 Å². The molecular weight excluding hydrogens is 1090 g/mol. The first-order valence-corrected chi connectivity index (χ1v) is 47.1. The smallest absolute Gasteiger partial charge is 0.250 e. The van der Waals surface area contributed by atoms with Gasteiger partial charge in [-0.2, -0.15) is 0 Å². The number of carbonyl (C=O) groups is 1. The molecular formula is C61H117NO11Si6. The van der Waals surface area contributed by atoms with Crippen LogP contribution in [0.15, 0.2) is 35.4 Å². The summed E-state index contributed by atoms with van der Waals surface area (Å²) in [5.41, 5.74) is 2.28. The van der Waals surface area contributed by atoms with Crippen LogP contribution >= 0.6 is 0 Å². The summed E-state index contributed by atoms with van der Waals surface area (Å²) >= 11 is 0. The Hall–Kier alpha value is -1.25. The SMILES string of the molecule is CC(=CCO)[C@H]1O[C@@H](Oc2ccc(/C=C(\C)C(=O)N[C@H]3[C@@H](O[Si](C)(C)C(C)(C)C)[C@@H]4OCO[C@@H]4[C@H](O[Si](C)(C)C(C)(C)C)[C@H]3O[Si](C)(C)C(C)(C)C)cc2O[Si](C)(C)C(C)(C)C)[C@@H](O[Si](C)(C)C(C)(C)C)[C@@H]1[Si](C)(C)C(C)(C)C. The molecule has 1 aromatic rings. The Labute approximate surface area is 489 Å². The van der Waals surface area contributed by atoms with Gasteiger partial charge in [0.25, 0.3) is 8.32 Å². The Bertz CT molecular complexity index is 2320. The van der Waals surface area contributed by atoms with E-state index in [0.29, 0.717) is 17.1 Å². The highest BCUT2D eigenvalue weighted by molar-refractivity contribution is 6.82. The van der Waals surface area contributed by atoms with Crippen molar-refractivity contribution >= 4 is 61.6 Å². The van der Waals surface area contributed by atoms with Crippen molar-refractivity contribution in [3.8, 4) is 11.5 Å². The average Bonchev–Trinajstić information content (AvgIpc) is 3.87. The fourth-order valence-corrected chi connectivity index (χ4v) is 18.6. The summed E-state index contributed by atoms with van der Waals surface area (Å²) in [6.07, 6.45) is -0.368. The largest absolute Gasteiger partial charge is 0.541 e. The van der Waals surface area contributed by atoms with E-state index in [1.54, 1.807) is 0 Å². The van der Waals surface area contributed by atoms with Crippen LogP contribution in [0.4, 0.5) is 0 Å². The number of rotatable bonds is 18. The second-order valence-corrected chi connectivity index (χ2v) is 62.2. The number of ether oxygens (including phenoxy) is 4. The van der Waals surface area contributed by atoms with E-state index in [4.69, 9.17) is 41.1 Å². The Balaban J connectivity index is 1.94. The summed E-state index contributed by atoms with van der Waals surface area (Å²) in [5, 5.41) is 13.2. The van der Waals surface area contributed by atoms with Gasteiger partial charge in [0.05, 0.1) is 39.0 Å². The lowest BCUT2D eigenvalue weighted by Gasteiger charge is -2.55. The summed E-state index contributed by atoms with van der Waals surface area (Å²) < 4.78 is 64.9. The maximum Gasteiger partial charge on any atom is 0.250 e. The highest BCUT2D eigenvalue weighted by Crippen LogP contribution is 2.56. The van der Waals surface area contributed by atoms with E-state index >= 15 is 4.79 Å². The van der Waals surface area contributed by atoms with Gasteiger partial charge in [-0.25, -0.2) is 0 Å². The van der Waals surface area contributed by atoms with Gasteiger partial charge in [-0.1, -0.05) is 150 Å². The number of nitrogens with one attached hydrogen (secondary N) is 1. The van der Waals surface area contributed by atoms with E-state index in [1.165, 1.54) is 0 Å². The number of amides is 1. The predicted molar refractivity (Wildman–Crippen MR) is 344 cm³/mol. The molecule has 10 atom stereocenters. The quantitative estimate of drug-likeness (QED) is 0.0827. The second kappa shape index (κ2) is 23.9. The molecule has 2 N–H and O–H groups in total. The average molecular weight is 1210 g/mol. The highest BCUT2D eigenvalue weighted by Gasteiger charge is 2.63. The third kappa shape index (κ3) is 15.6. The molecule has 0 aromatic heterocycles. The molecule has 456 valence electrons. The molecule has 1 saturated carbocycles. The van der Waals surface area contributed by atoms with Gasteiger partial charge in [-0.05, 0) is 139 Å². The van der Waals surface area contributed by atoms with E-state index < -0.39 is 98.6 Å². The molecule has 3 fully saturated rings. The molecule has 1 amide bonds. The summed E-state index contributed by atoms with van der Waals surface area (Å²) in [5.74, 6) is 0.898. The van der Waals surface area contributed by atoms with Crippen LogP contribution < -0.4 is 14.5 Å². The molecule has 2 heterocycles. The van der Waals surface area contributed by atoms with Gasteiger partial charge in [0, 0.05) is 11.1 Å². The number of hydrogen-bond donors (Lipinski definition) is 2. The number of carbonyl (C=O) groups excluding carboxylic acids is 1. The minimum atomic E-state index is -2.54. The van der Waals surface area contributed by atoms with Crippen LogP contribution in [0.2, 0.25) is 114 Å². The van der Waals surface area contributed by atoms with Gasteiger partial charge in [0.1, 0.15) is 37.0 Å². The number of benzene rings is 1. The van der Waals surface area contributed by atoms with E-state index in [0.717, 1.165) is 11.1 Å². The number of fused-ring (bicyclic) bond motifs is 1. The first kappa shape index (κ1) is 70.2. The van der Waals surface area contributed by atoms with Crippen LogP contribution in [0.1, 0.15) is 144 Å². The minimum Gasteiger partial charge on any atom is -0.541 e. The standard InChI is InChI=1S/C61H117NO11Si6/c1-40(35-36-63)46-53(74(21,22)56(3,4)5)52(73-79(31,32)61(18,19)20)55(68-46)67-43-34-33-42(38-44(43)69-75(23,24)57(6,7)8)37-41(2)54(64)62-45-47(70-76(25,26)58(9,10)11)49-50(66-39-65-49)51(72-78(29,30)60(15,16)17)48(45)71-77(27,28)59(12,13)14/h33-35,37-38,45-53,55,63H,36,39H2,1-32H3,(H,62,64)/b40-35?,41-37+/t45-,46+,47+,48-,49-,50-,51+,52-,53+,55+/m0/s1. The first-order chi connectivity index (χ1) is 35.2. The normalized spacial score (nSPS) is 27.1. The lowest BCUT2D eigenvalue weighted by Crippen LogP contribution is -2.73. The fourth-order valence-electron chi connectivity index (χ4n) is 9.12. The monoisotopic (exact) mass is 1210 g/mol. The molecule has 4 rings (SSSR count). The summed E-state index contributed by atoms with van der Waals surface area (Å²) in [6.45, 7) is 72.2. The van der Waals surface area contributed by atoms with Gasteiger partial charge >= 0.3 is 0 Å². The summed E-state index contributed by atoms with van der Waals surface area (Å²) in [7, 11) is -14.7. The van der Waals surface area contributed by atoms with E-state index in [9.17, 15) is 5.11 Å². The molecule has 0 bridgehead atoms. The fraction of sp³-hybridized carbons (Fsp3) is 0.820. The Morgan fingerprint density at radius 1 is 0.582 bits per heavy atom. The zero-order valence-corrected chi connectivity index (χ0v) is 62.1. The Morgan fingerprint density at radius 2 is 1.00 bits per heavy atom. The molecule has 0 spiro atoms. The van der Waals surface area contributed by atoms with Crippen LogP contribution in [-0.4, -0.2) is 129 Å². The third-order valence-electron chi connectivity index (χ3n) is 20.8. The van der Waals surface area contributed by atoms with Crippen molar-refractivity contribution in [2.24, 2.45) is 0 Å². The highest BCUT2D eigenvalue weighted by atomic mass is 28.4. The molecule has 79 heavy (non-hydrogen) atoms. The molecule has 2 aliphatic heterocycles. The molecule has 0 radical (unpaired) electrons. The van der Waals surface area contributed by atoms with Crippen molar-refractivity contribution in [1.29, 1.82) is 0 Å². The molecule has 18 heteroatoms. The zero-order chi connectivity index (χ0) is 61.3. The van der Waals surface area contributed by atoms with Crippen LogP contribution in [0.5, 0.6) is 11.5 Å². The van der Waals surface area contributed by atoms with Crippen molar-refractivity contribution in [3.05, 3.63) is 41.0 Å². The van der Waals surface area contributed by atoms with Crippen molar-refractivity contribution in [1.82, 2.24) is 5.32 Å². The van der Waals surface area contributed by atoms with E-state index in [2.05, 4.69) is 215 Å². The number of hydrogen-bond acceptors (Lipinski definition) is 11. The summed E-state index contributed by atoms with van der Waals surface area (Å²) in [6, 6.07) is 5.32. The van der Waals surface area contributed by atoms with Crippen LogP contribution in [-0.2, 0) is 36.7 Å². The predicted octanol–water partition coefficient (Wildman–Crippen LogP) is 16.2. The first-order valence-electron chi connectivity index (χ1n) is 29.5.